The number of nitrogens with one attached hydrogen (secondary N) is 1. The van der Waals surface area contributed by atoms with Crippen LogP contribution in [0.2, 0.25) is 0 Å². The number of rotatable bonds is 12. The van der Waals surface area contributed by atoms with Crippen molar-refractivity contribution in [1.29, 1.82) is 0 Å². The average molecular weight is 856 g/mol. The normalized spacial score (nSPS) is 32.6. The number of hydrogen-bond acceptors (Lipinski definition) is 16. The van der Waals surface area contributed by atoms with Gasteiger partial charge < -0.3 is 49.1 Å². The fourth-order valence-corrected chi connectivity index (χ4v) is 10.5. The van der Waals surface area contributed by atoms with E-state index in [0.29, 0.717) is 11.3 Å². The third kappa shape index (κ3) is 7.52. The molecule has 1 saturated heterocycles. The number of aliphatic hydroxyl groups excluding tert-OH is 2. The molecule has 16 nitrogen and oxygen atoms in total. The highest BCUT2D eigenvalue weighted by Crippen LogP contribution is 2.64. The average Bonchev–Trinajstić information content (AvgIpc) is 3.73. The molecule has 2 bridgehead atoms. The molecule has 60 heavy (non-hydrogen) atoms. The smallest absolute Gasteiger partial charge is 0.456 e. The Bertz CT molecular complexity index is 2020. The van der Waals surface area contributed by atoms with E-state index in [2.05, 4.69) is 5.32 Å². The van der Waals surface area contributed by atoms with Crippen LogP contribution in [0.25, 0.3) is 0 Å². The Morgan fingerprint density at radius 1 is 1.02 bits per heavy atom. The molecule has 1 aliphatic heterocycles. The molecule has 1 aromatic carbocycles. The topological polar surface area (TPSA) is 231 Å². The summed E-state index contributed by atoms with van der Waals surface area (Å²) in [5.74, 6) is -5.83. The van der Waals surface area contributed by atoms with Gasteiger partial charge in [0.2, 0.25) is 5.91 Å². The van der Waals surface area contributed by atoms with Gasteiger partial charge in [0, 0.05) is 36.5 Å². The molecule has 2 aromatic rings. The van der Waals surface area contributed by atoms with Gasteiger partial charge in [-0.1, -0.05) is 45.0 Å². The highest BCUT2D eigenvalue weighted by atomic mass is 32.1. The molecule has 2 saturated carbocycles. The minimum atomic E-state index is -2.40. The van der Waals surface area contributed by atoms with E-state index >= 15 is 4.79 Å². The van der Waals surface area contributed by atoms with Gasteiger partial charge in [0.25, 0.3) is 0 Å². The van der Waals surface area contributed by atoms with Crippen molar-refractivity contribution < 1.29 is 72.5 Å². The molecule has 3 aliphatic carbocycles. The first-order valence-electron chi connectivity index (χ1n) is 20.1. The van der Waals surface area contributed by atoms with Crippen LogP contribution >= 0.6 is 11.3 Å². The van der Waals surface area contributed by atoms with E-state index in [-0.39, 0.29) is 42.8 Å². The highest BCUT2D eigenvalue weighted by Gasteiger charge is 2.78. The minimum Gasteiger partial charge on any atom is -0.456 e. The predicted octanol–water partition coefficient (Wildman–Crippen LogP) is 3.89. The molecule has 1 unspecified atom stereocenters. The monoisotopic (exact) mass is 855 g/mol. The first-order chi connectivity index (χ1) is 28.3. The van der Waals surface area contributed by atoms with Crippen LogP contribution < -0.4 is 5.32 Å². The van der Waals surface area contributed by atoms with Gasteiger partial charge in [-0.2, -0.15) is 0 Å². The van der Waals surface area contributed by atoms with Gasteiger partial charge in [0.05, 0.1) is 36.2 Å². The van der Waals surface area contributed by atoms with E-state index in [9.17, 15) is 39.3 Å². The Morgan fingerprint density at radius 2 is 1.72 bits per heavy atom. The number of ketones is 1. The third-order valence-electron chi connectivity index (χ3n) is 12.8. The van der Waals surface area contributed by atoms with Crippen molar-refractivity contribution in [2.45, 2.75) is 128 Å². The molecule has 6 rings (SSSR count). The fraction of sp³-hybridized carbons (Fsp3) is 0.581. The number of hydrogen-bond donors (Lipinski definition) is 4. The number of ether oxygens (including phenoxy) is 6. The number of carbonyl (C=O) groups excluding carboxylic acids is 6. The Morgan fingerprint density at radius 3 is 2.30 bits per heavy atom. The fourth-order valence-electron chi connectivity index (χ4n) is 9.69. The summed E-state index contributed by atoms with van der Waals surface area (Å²) in [6.45, 7) is 9.99. The maximum absolute atomic E-state index is 15.5. The Labute approximate surface area is 351 Å². The third-order valence-corrected chi connectivity index (χ3v) is 13.8. The molecule has 17 heteroatoms. The van der Waals surface area contributed by atoms with Gasteiger partial charge in [0.15, 0.2) is 23.6 Å². The lowest BCUT2D eigenvalue weighted by molar-refractivity contribution is -0.346. The first kappa shape index (κ1) is 44.9. The van der Waals surface area contributed by atoms with E-state index in [1.54, 1.807) is 56.5 Å². The van der Waals surface area contributed by atoms with Crippen molar-refractivity contribution in [3.63, 3.8) is 0 Å². The zero-order valence-electron chi connectivity index (χ0n) is 34.6. The van der Waals surface area contributed by atoms with E-state index in [1.165, 1.54) is 44.2 Å². The predicted molar refractivity (Wildman–Crippen MR) is 211 cm³/mol. The molecule has 11 atom stereocenters. The number of fused-ring (bicyclic) bond motifs is 5. The van der Waals surface area contributed by atoms with Crippen LogP contribution in [-0.2, 0) is 47.6 Å². The Kier molecular flexibility index (Phi) is 12.7. The summed E-state index contributed by atoms with van der Waals surface area (Å²) in [7, 11) is 0. The molecule has 0 radical (unpaired) electrons. The highest BCUT2D eigenvalue weighted by molar-refractivity contribution is 7.10. The number of benzene rings is 1. The zero-order chi connectivity index (χ0) is 43.9. The molecule has 1 aromatic heterocycles. The van der Waals surface area contributed by atoms with Crippen LogP contribution in [0.4, 0.5) is 4.79 Å². The lowest BCUT2D eigenvalue weighted by Crippen LogP contribution is -2.82. The van der Waals surface area contributed by atoms with Crippen LogP contribution in [-0.4, -0.2) is 112 Å². The van der Waals surface area contributed by atoms with Crippen LogP contribution in [0.15, 0.2) is 59.0 Å². The quantitative estimate of drug-likeness (QED) is 0.135. The van der Waals surface area contributed by atoms with Gasteiger partial charge in [-0.25, -0.2) is 14.4 Å². The second-order valence-corrected chi connectivity index (χ2v) is 17.6. The molecule has 1 amide bonds. The maximum atomic E-state index is 15.5. The Hall–Kier alpha value is -4.68. The van der Waals surface area contributed by atoms with E-state index in [0.717, 1.165) is 6.92 Å². The second-order valence-electron chi connectivity index (χ2n) is 16.6. The number of amides is 1. The number of thiophene rings is 1. The van der Waals surface area contributed by atoms with Crippen LogP contribution in [0.5, 0.6) is 0 Å². The maximum Gasteiger partial charge on any atom is 0.509 e. The lowest BCUT2D eigenvalue weighted by atomic mass is 9.44. The molecular formula is C43H53NO15S. The van der Waals surface area contributed by atoms with Crippen molar-refractivity contribution in [2.75, 3.05) is 13.2 Å². The van der Waals surface area contributed by atoms with Crippen molar-refractivity contribution in [3.05, 3.63) is 69.4 Å². The molecule has 2 heterocycles. The molecular weight excluding hydrogens is 803 g/mol. The second kappa shape index (κ2) is 17.0. The SMILES string of the molecule is CCCC(=O)N[C@@H](c1cccs1)[C@@H](O)C(=O)O[C@H]1C[C@@]2(O)[C@@H](OC(=O)c3ccccc3)C3[C@](C)(C(=O)[C@H](OC(=O)OCC)C(=C1C)C2(C)C)[C@@H](O)C[C@H]1OC[C@@]31OC(C)=O. The Balaban J connectivity index is 1.57. The summed E-state index contributed by atoms with van der Waals surface area (Å²) < 4.78 is 35.3. The summed E-state index contributed by atoms with van der Waals surface area (Å²) in [6, 6.07) is 9.93. The zero-order valence-corrected chi connectivity index (χ0v) is 35.4. The minimum absolute atomic E-state index is 0.0474. The molecule has 0 spiro atoms. The van der Waals surface area contributed by atoms with Gasteiger partial charge in [0.1, 0.15) is 30.0 Å². The first-order valence-corrected chi connectivity index (χ1v) is 20.9. The molecule has 4 N–H and O–H groups in total. The van der Waals surface area contributed by atoms with Crippen molar-refractivity contribution in [1.82, 2.24) is 5.32 Å². The summed E-state index contributed by atoms with van der Waals surface area (Å²) in [5.41, 5.74) is -7.81. The number of Topliss-reactive ketones (excluding diaryl/α,β-unsaturated/α-hetero) is 1. The van der Waals surface area contributed by atoms with E-state index in [1.807, 2.05) is 0 Å². The van der Waals surface area contributed by atoms with E-state index < -0.39 is 113 Å². The number of aliphatic hydroxyl groups is 3. The summed E-state index contributed by atoms with van der Waals surface area (Å²) in [6.07, 6.45) is -11.2. The van der Waals surface area contributed by atoms with Crippen LogP contribution in [0.3, 0.4) is 0 Å². The number of esters is 3. The van der Waals surface area contributed by atoms with Gasteiger partial charge in [-0.05, 0) is 61.9 Å². The van der Waals surface area contributed by atoms with Crippen molar-refractivity contribution >= 4 is 47.1 Å². The van der Waals surface area contributed by atoms with Crippen molar-refractivity contribution in [2.24, 2.45) is 16.7 Å². The van der Waals surface area contributed by atoms with Crippen LogP contribution in [0.1, 0.15) is 95.4 Å². The summed E-state index contributed by atoms with van der Waals surface area (Å²) >= 11 is 1.19. The standard InChI is InChI=1S/C43H53NO15S/c1-8-14-29(47)44-31(26-17-13-18-60-26)32(48)38(51)56-25-20-43(53)36(58-37(50)24-15-11-10-12-16-24)34-41(7,27(46)19-28-42(34,21-55-28)59-23(4)45)35(49)33(57-39(52)54-9-2)30(22(25)3)40(43,5)6/h10-13,15-18,25,27-28,31-34,36,46,48,53H,8-9,14,19-21H2,1-7H3,(H,44,47)/t25-,27-,28+,31-,32+,33+,34?,36-,41+,42-,43+/m0/s1. The summed E-state index contributed by atoms with van der Waals surface area (Å²) in [5, 5.41) is 41.7. The molecule has 326 valence electrons. The van der Waals surface area contributed by atoms with Gasteiger partial charge in [-0.3, -0.25) is 14.4 Å². The molecule has 4 aliphatic rings. The van der Waals surface area contributed by atoms with Crippen LogP contribution in [0, 0.1) is 16.7 Å². The van der Waals surface area contributed by atoms with E-state index in [4.69, 9.17) is 28.4 Å². The molecule has 3 fully saturated rings. The lowest BCUT2D eigenvalue weighted by Gasteiger charge is -2.67. The van der Waals surface area contributed by atoms with Gasteiger partial charge >= 0.3 is 24.1 Å². The van der Waals surface area contributed by atoms with Crippen molar-refractivity contribution in [3.8, 4) is 0 Å². The largest absolute Gasteiger partial charge is 0.509 e. The number of carbonyl (C=O) groups is 6. The van der Waals surface area contributed by atoms with Gasteiger partial charge in [-0.15, -0.1) is 11.3 Å². The summed E-state index contributed by atoms with van der Waals surface area (Å²) in [4.78, 5) is 83.4.